The topological polar surface area (TPSA) is 55.3 Å². The molecular formula is C13H17N3O. The van der Waals surface area contributed by atoms with Gasteiger partial charge in [-0.3, -0.25) is 0 Å². The number of hydrogen-bond acceptors (Lipinski definition) is 4. The molecule has 2 aromatic heterocycles. The summed E-state index contributed by atoms with van der Waals surface area (Å²) in [4.78, 5) is 6.41. The van der Waals surface area contributed by atoms with Crippen LogP contribution < -0.4 is 10.6 Å². The fourth-order valence-corrected chi connectivity index (χ4v) is 1.66. The van der Waals surface area contributed by atoms with E-state index in [0.717, 1.165) is 23.5 Å². The zero-order chi connectivity index (χ0) is 12.3. The van der Waals surface area contributed by atoms with E-state index in [-0.39, 0.29) is 6.04 Å². The summed E-state index contributed by atoms with van der Waals surface area (Å²) >= 11 is 0. The van der Waals surface area contributed by atoms with Crippen LogP contribution in [0.4, 0.5) is 5.82 Å². The minimum Gasteiger partial charge on any atom is -0.472 e. The Morgan fingerprint density at radius 1 is 1.47 bits per heavy atom. The van der Waals surface area contributed by atoms with Gasteiger partial charge in [-0.05, 0) is 30.7 Å². The number of rotatable bonds is 4. The summed E-state index contributed by atoms with van der Waals surface area (Å²) in [5.74, 6) is 0.918. The summed E-state index contributed by atoms with van der Waals surface area (Å²) in [6.45, 7) is 2.74. The second-order valence-corrected chi connectivity index (χ2v) is 4.22. The molecule has 0 fully saturated rings. The van der Waals surface area contributed by atoms with Crippen LogP contribution in [0, 0.1) is 0 Å². The summed E-state index contributed by atoms with van der Waals surface area (Å²) in [5.41, 5.74) is 8.07. The molecule has 0 saturated carbocycles. The third-order valence-electron chi connectivity index (χ3n) is 2.69. The Balaban J connectivity index is 2.13. The second-order valence-electron chi connectivity index (χ2n) is 4.22. The standard InChI is InChI=1S/C13H17N3O/c1-10(14)12-3-5-15-13(7-12)16(2)8-11-4-6-17-9-11/h3-7,9-10H,8,14H2,1-2H3/t10-/m0/s1. The van der Waals surface area contributed by atoms with E-state index in [4.69, 9.17) is 10.2 Å². The van der Waals surface area contributed by atoms with E-state index < -0.39 is 0 Å². The largest absolute Gasteiger partial charge is 0.472 e. The van der Waals surface area contributed by atoms with Crippen molar-refractivity contribution in [2.45, 2.75) is 19.5 Å². The zero-order valence-electron chi connectivity index (χ0n) is 10.1. The summed E-state index contributed by atoms with van der Waals surface area (Å²) in [7, 11) is 2.00. The number of anilines is 1. The lowest BCUT2D eigenvalue weighted by Crippen LogP contribution is -2.18. The molecule has 4 nitrogen and oxygen atoms in total. The van der Waals surface area contributed by atoms with Crippen LogP contribution >= 0.6 is 0 Å². The molecule has 2 aromatic rings. The van der Waals surface area contributed by atoms with Crippen LogP contribution in [0.5, 0.6) is 0 Å². The normalized spacial score (nSPS) is 12.4. The molecule has 0 unspecified atom stereocenters. The Hall–Kier alpha value is -1.81. The van der Waals surface area contributed by atoms with Crippen LogP contribution in [-0.2, 0) is 6.54 Å². The third kappa shape index (κ3) is 2.85. The van der Waals surface area contributed by atoms with Crippen molar-refractivity contribution in [1.82, 2.24) is 4.98 Å². The maximum absolute atomic E-state index is 5.86. The van der Waals surface area contributed by atoms with Gasteiger partial charge in [0.2, 0.25) is 0 Å². The van der Waals surface area contributed by atoms with Crippen molar-refractivity contribution in [3.05, 3.63) is 48.0 Å². The van der Waals surface area contributed by atoms with E-state index in [9.17, 15) is 0 Å². The van der Waals surface area contributed by atoms with Crippen LogP contribution in [0.2, 0.25) is 0 Å². The number of pyridine rings is 1. The molecule has 0 radical (unpaired) electrons. The highest BCUT2D eigenvalue weighted by Gasteiger charge is 2.07. The van der Waals surface area contributed by atoms with Crippen LogP contribution in [0.1, 0.15) is 24.1 Å². The van der Waals surface area contributed by atoms with Gasteiger partial charge in [-0.1, -0.05) is 0 Å². The monoisotopic (exact) mass is 231 g/mol. The summed E-state index contributed by atoms with van der Waals surface area (Å²) in [6.07, 6.45) is 5.21. The molecule has 90 valence electrons. The molecular weight excluding hydrogens is 214 g/mol. The van der Waals surface area contributed by atoms with Crippen molar-refractivity contribution >= 4 is 5.82 Å². The van der Waals surface area contributed by atoms with E-state index in [1.807, 2.05) is 32.2 Å². The predicted octanol–water partition coefficient (Wildman–Crippen LogP) is 2.33. The van der Waals surface area contributed by atoms with E-state index in [1.165, 1.54) is 0 Å². The molecule has 0 saturated heterocycles. The van der Waals surface area contributed by atoms with Gasteiger partial charge in [0.1, 0.15) is 5.82 Å². The Morgan fingerprint density at radius 2 is 2.29 bits per heavy atom. The third-order valence-corrected chi connectivity index (χ3v) is 2.69. The first-order valence-electron chi connectivity index (χ1n) is 5.60. The summed E-state index contributed by atoms with van der Waals surface area (Å²) in [5, 5.41) is 0. The number of nitrogens with zero attached hydrogens (tertiary/aromatic N) is 2. The Morgan fingerprint density at radius 3 is 2.94 bits per heavy atom. The minimum absolute atomic E-state index is 0.0269. The first kappa shape index (κ1) is 11.7. The number of aromatic nitrogens is 1. The fourth-order valence-electron chi connectivity index (χ4n) is 1.66. The Kier molecular flexibility index (Phi) is 3.44. The van der Waals surface area contributed by atoms with E-state index in [0.29, 0.717) is 0 Å². The first-order chi connectivity index (χ1) is 8.16. The molecule has 2 heterocycles. The minimum atomic E-state index is 0.0269. The molecule has 4 heteroatoms. The highest BCUT2D eigenvalue weighted by molar-refractivity contribution is 5.41. The average Bonchev–Trinajstić information content (AvgIpc) is 2.82. The number of hydrogen-bond donors (Lipinski definition) is 1. The first-order valence-corrected chi connectivity index (χ1v) is 5.60. The van der Waals surface area contributed by atoms with Crippen molar-refractivity contribution in [3.63, 3.8) is 0 Å². The second kappa shape index (κ2) is 5.01. The molecule has 17 heavy (non-hydrogen) atoms. The maximum Gasteiger partial charge on any atom is 0.128 e. The van der Waals surface area contributed by atoms with Gasteiger partial charge in [-0.25, -0.2) is 4.98 Å². The molecule has 2 N–H and O–H groups in total. The van der Waals surface area contributed by atoms with Gasteiger partial charge in [0, 0.05) is 31.4 Å². The van der Waals surface area contributed by atoms with Crippen LogP contribution in [0.15, 0.2) is 41.3 Å². The lowest BCUT2D eigenvalue weighted by atomic mass is 10.1. The van der Waals surface area contributed by atoms with Gasteiger partial charge in [0.15, 0.2) is 0 Å². The van der Waals surface area contributed by atoms with Gasteiger partial charge in [-0.2, -0.15) is 0 Å². The van der Waals surface area contributed by atoms with E-state index in [2.05, 4.69) is 9.88 Å². The molecule has 0 aliphatic heterocycles. The zero-order valence-corrected chi connectivity index (χ0v) is 10.1. The quantitative estimate of drug-likeness (QED) is 0.877. The molecule has 0 aliphatic rings. The van der Waals surface area contributed by atoms with Gasteiger partial charge in [0.05, 0.1) is 12.5 Å². The lowest BCUT2D eigenvalue weighted by Gasteiger charge is -2.18. The number of nitrogens with two attached hydrogens (primary N) is 1. The van der Waals surface area contributed by atoms with Gasteiger partial charge < -0.3 is 15.1 Å². The highest BCUT2D eigenvalue weighted by Crippen LogP contribution is 2.17. The average molecular weight is 231 g/mol. The molecule has 0 spiro atoms. The molecule has 0 aromatic carbocycles. The van der Waals surface area contributed by atoms with Gasteiger partial charge in [-0.15, -0.1) is 0 Å². The SMILES string of the molecule is C[C@H](N)c1ccnc(N(C)Cc2ccoc2)c1. The van der Waals surface area contributed by atoms with Crippen LogP contribution in [0.25, 0.3) is 0 Å². The predicted molar refractivity (Wildman–Crippen MR) is 67.7 cm³/mol. The Labute approximate surface area is 101 Å². The summed E-state index contributed by atoms with van der Waals surface area (Å²) < 4.78 is 5.05. The lowest BCUT2D eigenvalue weighted by molar-refractivity contribution is 0.563. The summed E-state index contributed by atoms with van der Waals surface area (Å²) in [6, 6.07) is 5.94. The van der Waals surface area contributed by atoms with E-state index in [1.54, 1.807) is 18.7 Å². The Bertz CT molecular complexity index is 465. The van der Waals surface area contributed by atoms with Gasteiger partial charge in [0.25, 0.3) is 0 Å². The molecule has 0 bridgehead atoms. The molecule has 2 rings (SSSR count). The van der Waals surface area contributed by atoms with Gasteiger partial charge >= 0.3 is 0 Å². The van der Waals surface area contributed by atoms with Crippen LogP contribution in [0.3, 0.4) is 0 Å². The molecule has 0 aliphatic carbocycles. The smallest absolute Gasteiger partial charge is 0.128 e. The van der Waals surface area contributed by atoms with Crippen molar-refractivity contribution in [2.75, 3.05) is 11.9 Å². The fraction of sp³-hybridized carbons (Fsp3) is 0.308. The van der Waals surface area contributed by atoms with Crippen molar-refractivity contribution in [1.29, 1.82) is 0 Å². The van der Waals surface area contributed by atoms with E-state index >= 15 is 0 Å². The van der Waals surface area contributed by atoms with Crippen molar-refractivity contribution in [3.8, 4) is 0 Å². The molecule has 1 atom stereocenters. The number of furan rings is 1. The van der Waals surface area contributed by atoms with Crippen molar-refractivity contribution in [2.24, 2.45) is 5.73 Å². The highest BCUT2D eigenvalue weighted by atomic mass is 16.3. The molecule has 0 amide bonds. The maximum atomic E-state index is 5.86. The van der Waals surface area contributed by atoms with Crippen molar-refractivity contribution < 1.29 is 4.42 Å². The van der Waals surface area contributed by atoms with Crippen LogP contribution in [-0.4, -0.2) is 12.0 Å².